The number of carbonyl (C=O) groups is 1. The van der Waals surface area contributed by atoms with Crippen molar-refractivity contribution in [2.24, 2.45) is 0 Å². The van der Waals surface area contributed by atoms with Crippen LogP contribution < -0.4 is 0 Å². The zero-order valence-electron chi connectivity index (χ0n) is 15.8. The first kappa shape index (κ1) is 18.5. The molecular formula is C21H26ClN3O2. The van der Waals surface area contributed by atoms with Crippen LogP contribution in [0.1, 0.15) is 43.6 Å². The smallest absolute Gasteiger partial charge is 0.237 e. The number of amides is 1. The van der Waals surface area contributed by atoms with Crippen molar-refractivity contribution in [3.05, 3.63) is 40.7 Å². The summed E-state index contributed by atoms with van der Waals surface area (Å²) in [4.78, 5) is 21.6. The lowest BCUT2D eigenvalue weighted by atomic mass is 9.93. The van der Waals surface area contributed by atoms with E-state index in [9.17, 15) is 4.79 Å². The Balaban J connectivity index is 1.42. The van der Waals surface area contributed by atoms with Crippen LogP contribution in [0, 0.1) is 6.92 Å². The molecule has 1 aliphatic heterocycles. The molecule has 0 N–H and O–H groups in total. The van der Waals surface area contributed by atoms with Crippen LogP contribution in [0.3, 0.4) is 0 Å². The van der Waals surface area contributed by atoms with Gasteiger partial charge in [0, 0.05) is 25.7 Å². The molecule has 6 heteroatoms. The average molecular weight is 388 g/mol. The van der Waals surface area contributed by atoms with Crippen molar-refractivity contribution < 1.29 is 9.21 Å². The molecule has 0 radical (unpaired) electrons. The van der Waals surface area contributed by atoms with E-state index in [4.69, 9.17) is 16.0 Å². The van der Waals surface area contributed by atoms with Gasteiger partial charge in [-0.05, 0) is 31.9 Å². The standard InChI is InChI=1S/C21H26ClN3O2/c1-15-19(23-21(27-15)17-9-5-6-10-18(17)22)13-24-11-12-25(20(26)14-24)16-7-3-2-4-8-16/h5-6,9-10,16H,2-4,7-8,11-14H2,1H3. The number of oxazole rings is 1. The van der Waals surface area contributed by atoms with Gasteiger partial charge < -0.3 is 9.32 Å². The van der Waals surface area contributed by atoms with Crippen molar-refractivity contribution in [3.63, 3.8) is 0 Å². The number of benzene rings is 1. The van der Waals surface area contributed by atoms with E-state index in [2.05, 4.69) is 14.8 Å². The van der Waals surface area contributed by atoms with Crippen molar-refractivity contribution in [2.45, 2.75) is 51.6 Å². The highest BCUT2D eigenvalue weighted by molar-refractivity contribution is 6.33. The second kappa shape index (κ2) is 8.03. The van der Waals surface area contributed by atoms with Gasteiger partial charge >= 0.3 is 0 Å². The van der Waals surface area contributed by atoms with Crippen molar-refractivity contribution >= 4 is 17.5 Å². The number of rotatable bonds is 4. The Morgan fingerprint density at radius 3 is 2.70 bits per heavy atom. The van der Waals surface area contributed by atoms with Gasteiger partial charge in [-0.25, -0.2) is 4.98 Å². The largest absolute Gasteiger partial charge is 0.441 e. The third kappa shape index (κ3) is 4.04. The van der Waals surface area contributed by atoms with Crippen LogP contribution in [-0.2, 0) is 11.3 Å². The SMILES string of the molecule is Cc1oc(-c2ccccc2Cl)nc1CN1CCN(C2CCCCC2)C(=O)C1. The van der Waals surface area contributed by atoms with Gasteiger partial charge in [0.25, 0.3) is 0 Å². The molecule has 2 aromatic rings. The van der Waals surface area contributed by atoms with Gasteiger partial charge in [0.1, 0.15) is 5.76 Å². The number of carbonyl (C=O) groups excluding carboxylic acids is 1. The molecule has 1 aliphatic carbocycles. The Hall–Kier alpha value is -1.85. The molecule has 0 spiro atoms. The topological polar surface area (TPSA) is 49.6 Å². The van der Waals surface area contributed by atoms with Gasteiger partial charge in [0.2, 0.25) is 11.8 Å². The van der Waals surface area contributed by atoms with Crippen LogP contribution in [0.4, 0.5) is 0 Å². The summed E-state index contributed by atoms with van der Waals surface area (Å²) in [6.45, 7) is 4.71. The van der Waals surface area contributed by atoms with E-state index >= 15 is 0 Å². The molecule has 2 aliphatic rings. The molecule has 2 fully saturated rings. The molecule has 1 aromatic heterocycles. The zero-order valence-corrected chi connectivity index (χ0v) is 16.5. The lowest BCUT2D eigenvalue weighted by Crippen LogP contribution is -2.54. The van der Waals surface area contributed by atoms with E-state index < -0.39 is 0 Å². The lowest BCUT2D eigenvalue weighted by Gasteiger charge is -2.40. The van der Waals surface area contributed by atoms with E-state index in [0.29, 0.717) is 30.0 Å². The van der Waals surface area contributed by atoms with Crippen LogP contribution in [0.2, 0.25) is 5.02 Å². The maximum absolute atomic E-state index is 12.7. The summed E-state index contributed by atoms with van der Waals surface area (Å²) in [6, 6.07) is 8.00. The second-order valence-corrected chi connectivity index (χ2v) is 8.00. The summed E-state index contributed by atoms with van der Waals surface area (Å²) in [7, 11) is 0. The van der Waals surface area contributed by atoms with E-state index in [1.165, 1.54) is 19.3 Å². The van der Waals surface area contributed by atoms with Crippen LogP contribution in [0.15, 0.2) is 28.7 Å². The van der Waals surface area contributed by atoms with Crippen LogP contribution in [0.25, 0.3) is 11.5 Å². The summed E-state index contributed by atoms with van der Waals surface area (Å²) >= 11 is 6.26. The Bertz CT molecular complexity index is 814. The Morgan fingerprint density at radius 2 is 1.96 bits per heavy atom. The first-order chi connectivity index (χ1) is 13.1. The number of piperazine rings is 1. The minimum absolute atomic E-state index is 0.251. The molecule has 27 heavy (non-hydrogen) atoms. The number of halogens is 1. The maximum Gasteiger partial charge on any atom is 0.237 e. The van der Waals surface area contributed by atoms with Gasteiger partial charge in [-0.2, -0.15) is 0 Å². The number of aryl methyl sites for hydroxylation is 1. The van der Waals surface area contributed by atoms with Crippen LogP contribution in [0.5, 0.6) is 0 Å². The Labute approximate surface area is 165 Å². The molecule has 2 heterocycles. The van der Waals surface area contributed by atoms with Crippen molar-refractivity contribution in [2.75, 3.05) is 19.6 Å². The molecule has 0 atom stereocenters. The molecular weight excluding hydrogens is 362 g/mol. The fraction of sp³-hybridized carbons (Fsp3) is 0.524. The van der Waals surface area contributed by atoms with E-state index in [1.807, 2.05) is 31.2 Å². The van der Waals surface area contributed by atoms with Gasteiger partial charge in [0.15, 0.2) is 0 Å². The molecule has 1 aromatic carbocycles. The summed E-state index contributed by atoms with van der Waals surface area (Å²) in [5.41, 5.74) is 1.68. The number of hydrogen-bond acceptors (Lipinski definition) is 4. The van der Waals surface area contributed by atoms with Crippen LogP contribution in [-0.4, -0.2) is 46.4 Å². The molecule has 4 rings (SSSR count). The third-order valence-corrected chi connectivity index (χ3v) is 6.05. The molecule has 0 unspecified atom stereocenters. The van der Waals surface area contributed by atoms with E-state index in [0.717, 1.165) is 42.9 Å². The number of aromatic nitrogens is 1. The zero-order chi connectivity index (χ0) is 18.8. The monoisotopic (exact) mass is 387 g/mol. The normalized spacial score (nSPS) is 19.6. The fourth-order valence-electron chi connectivity index (χ4n) is 4.19. The van der Waals surface area contributed by atoms with Gasteiger partial charge in [0.05, 0.1) is 22.8 Å². The number of nitrogens with zero attached hydrogens (tertiary/aromatic N) is 3. The van der Waals surface area contributed by atoms with Gasteiger partial charge in [-0.3, -0.25) is 9.69 Å². The van der Waals surface area contributed by atoms with Crippen molar-refractivity contribution in [3.8, 4) is 11.5 Å². The average Bonchev–Trinajstić information content (AvgIpc) is 3.03. The lowest BCUT2D eigenvalue weighted by molar-refractivity contribution is -0.139. The van der Waals surface area contributed by atoms with E-state index in [1.54, 1.807) is 0 Å². The van der Waals surface area contributed by atoms with E-state index in [-0.39, 0.29) is 5.91 Å². The highest BCUT2D eigenvalue weighted by Gasteiger charge is 2.31. The molecule has 1 saturated heterocycles. The summed E-state index contributed by atoms with van der Waals surface area (Å²) in [5, 5.41) is 0.626. The predicted octanol–water partition coefficient (Wildman–Crippen LogP) is 4.28. The first-order valence-electron chi connectivity index (χ1n) is 9.85. The summed E-state index contributed by atoms with van der Waals surface area (Å²) in [5.74, 6) is 1.58. The maximum atomic E-state index is 12.7. The Morgan fingerprint density at radius 1 is 1.19 bits per heavy atom. The summed E-state index contributed by atoms with van der Waals surface area (Å²) in [6.07, 6.45) is 6.14. The van der Waals surface area contributed by atoms with Gasteiger partial charge in [-0.15, -0.1) is 0 Å². The minimum Gasteiger partial charge on any atom is -0.441 e. The van der Waals surface area contributed by atoms with Crippen molar-refractivity contribution in [1.82, 2.24) is 14.8 Å². The van der Waals surface area contributed by atoms with Crippen molar-refractivity contribution in [1.29, 1.82) is 0 Å². The molecule has 144 valence electrons. The molecule has 0 bridgehead atoms. The minimum atomic E-state index is 0.251. The quantitative estimate of drug-likeness (QED) is 0.785. The first-order valence-corrected chi connectivity index (χ1v) is 10.2. The second-order valence-electron chi connectivity index (χ2n) is 7.59. The molecule has 5 nitrogen and oxygen atoms in total. The third-order valence-electron chi connectivity index (χ3n) is 5.72. The fourth-order valence-corrected chi connectivity index (χ4v) is 4.40. The molecule has 1 saturated carbocycles. The van der Waals surface area contributed by atoms with Crippen LogP contribution >= 0.6 is 11.6 Å². The Kier molecular flexibility index (Phi) is 5.50. The van der Waals surface area contributed by atoms with Gasteiger partial charge in [-0.1, -0.05) is 43.0 Å². The molecule has 1 amide bonds. The highest BCUT2D eigenvalue weighted by atomic mass is 35.5. The highest BCUT2D eigenvalue weighted by Crippen LogP contribution is 2.29. The summed E-state index contributed by atoms with van der Waals surface area (Å²) < 4.78 is 5.85. The predicted molar refractivity (Wildman–Crippen MR) is 106 cm³/mol. The number of hydrogen-bond donors (Lipinski definition) is 0.